The fourth-order valence-corrected chi connectivity index (χ4v) is 2.67. The third-order valence-electron chi connectivity index (χ3n) is 3.79. The molecule has 0 bridgehead atoms. The van der Waals surface area contributed by atoms with Crippen molar-refractivity contribution in [2.45, 2.75) is 38.6 Å². The number of nitro groups is 1. The molecule has 5 nitrogen and oxygen atoms in total. The Kier molecular flexibility index (Phi) is 4.24. The molecule has 1 heterocycles. The van der Waals surface area contributed by atoms with Crippen LogP contribution in [0, 0.1) is 10.1 Å². The van der Waals surface area contributed by atoms with Crippen LogP contribution in [0.2, 0.25) is 0 Å². The van der Waals surface area contributed by atoms with Crippen LogP contribution in [0.5, 0.6) is 0 Å². The number of hydrogen-bond acceptors (Lipinski definition) is 4. The van der Waals surface area contributed by atoms with Gasteiger partial charge in [-0.05, 0) is 25.8 Å². The summed E-state index contributed by atoms with van der Waals surface area (Å²) < 4.78 is 0. The van der Waals surface area contributed by atoms with Gasteiger partial charge in [0.15, 0.2) is 0 Å². The molecule has 1 aromatic rings. The van der Waals surface area contributed by atoms with Gasteiger partial charge in [0.1, 0.15) is 0 Å². The Balaban J connectivity index is 2.36. The van der Waals surface area contributed by atoms with Gasteiger partial charge in [0, 0.05) is 43.1 Å². The van der Waals surface area contributed by atoms with Crippen molar-refractivity contribution in [2.24, 2.45) is 0 Å². The molecule has 0 saturated carbocycles. The number of hydrogen-bond donors (Lipinski definition) is 1. The third-order valence-corrected chi connectivity index (χ3v) is 3.79. The molecule has 1 aliphatic rings. The summed E-state index contributed by atoms with van der Waals surface area (Å²) in [6, 6.07) is 5.69. The topological polar surface area (TPSA) is 58.4 Å². The molecule has 0 spiro atoms. The van der Waals surface area contributed by atoms with Gasteiger partial charge in [0.2, 0.25) is 0 Å². The fourth-order valence-electron chi connectivity index (χ4n) is 2.67. The fraction of sp³-hybridized carbons (Fsp3) is 0.571. The lowest BCUT2D eigenvalue weighted by Gasteiger charge is -2.29. The van der Waals surface area contributed by atoms with Crippen LogP contribution >= 0.6 is 0 Å². The van der Waals surface area contributed by atoms with Crippen LogP contribution in [-0.2, 0) is 0 Å². The van der Waals surface area contributed by atoms with Crippen molar-refractivity contribution in [1.29, 1.82) is 0 Å². The number of nitrogens with one attached hydrogen (secondary N) is 1. The molecule has 0 radical (unpaired) electrons. The Morgan fingerprint density at radius 2 is 2.11 bits per heavy atom. The van der Waals surface area contributed by atoms with Gasteiger partial charge in [-0.3, -0.25) is 10.1 Å². The van der Waals surface area contributed by atoms with Crippen molar-refractivity contribution in [2.75, 3.05) is 23.8 Å². The van der Waals surface area contributed by atoms with Crippen LogP contribution in [0.3, 0.4) is 0 Å². The average molecular weight is 263 g/mol. The summed E-state index contributed by atoms with van der Waals surface area (Å²) in [5.41, 5.74) is 1.90. The number of anilines is 2. The second kappa shape index (κ2) is 5.91. The monoisotopic (exact) mass is 263 g/mol. The Bertz CT molecular complexity index is 462. The van der Waals surface area contributed by atoms with Crippen molar-refractivity contribution in [3.63, 3.8) is 0 Å². The van der Waals surface area contributed by atoms with Crippen LogP contribution in [0.4, 0.5) is 17.1 Å². The van der Waals surface area contributed by atoms with Crippen LogP contribution in [0.25, 0.3) is 0 Å². The zero-order chi connectivity index (χ0) is 13.8. The molecule has 1 aliphatic heterocycles. The zero-order valence-corrected chi connectivity index (χ0v) is 11.6. The predicted molar refractivity (Wildman–Crippen MR) is 77.9 cm³/mol. The van der Waals surface area contributed by atoms with E-state index in [9.17, 15) is 10.1 Å². The molecular formula is C14H21N3O2. The highest BCUT2D eigenvalue weighted by Gasteiger charge is 2.20. The SMILES string of the molecule is CNc1cc(N2CCCCCC2C)cc([N+](=O)[O-])c1. The standard InChI is InChI=1S/C14H21N3O2/c1-11-6-4-3-5-7-16(11)13-8-12(15-2)9-14(10-13)17(18)19/h8-11,15H,3-7H2,1-2H3. The number of nitrogens with zero attached hydrogens (tertiary/aromatic N) is 2. The number of rotatable bonds is 3. The van der Waals surface area contributed by atoms with Crippen molar-refractivity contribution in [3.8, 4) is 0 Å². The molecule has 104 valence electrons. The van der Waals surface area contributed by atoms with E-state index in [2.05, 4.69) is 17.1 Å². The first-order valence-corrected chi connectivity index (χ1v) is 6.85. The number of non-ortho nitro benzene ring substituents is 1. The molecule has 0 aliphatic carbocycles. The molecule has 2 rings (SSSR count). The van der Waals surface area contributed by atoms with Gasteiger partial charge in [-0.2, -0.15) is 0 Å². The molecule has 1 atom stereocenters. The van der Waals surface area contributed by atoms with E-state index in [1.807, 2.05) is 6.07 Å². The van der Waals surface area contributed by atoms with E-state index >= 15 is 0 Å². The van der Waals surface area contributed by atoms with Gasteiger partial charge in [-0.1, -0.05) is 12.8 Å². The summed E-state index contributed by atoms with van der Waals surface area (Å²) in [6.45, 7) is 3.18. The Morgan fingerprint density at radius 3 is 2.79 bits per heavy atom. The molecule has 1 fully saturated rings. The average Bonchev–Trinajstić information content (AvgIpc) is 2.62. The molecule has 1 saturated heterocycles. The molecular weight excluding hydrogens is 242 g/mol. The van der Waals surface area contributed by atoms with E-state index in [0.717, 1.165) is 30.8 Å². The maximum Gasteiger partial charge on any atom is 0.273 e. The van der Waals surface area contributed by atoms with Gasteiger partial charge in [0.05, 0.1) is 4.92 Å². The van der Waals surface area contributed by atoms with Crippen molar-refractivity contribution in [1.82, 2.24) is 0 Å². The molecule has 1 unspecified atom stereocenters. The highest BCUT2D eigenvalue weighted by molar-refractivity contribution is 5.64. The third kappa shape index (κ3) is 3.16. The van der Waals surface area contributed by atoms with Crippen molar-refractivity contribution in [3.05, 3.63) is 28.3 Å². The predicted octanol–water partition coefficient (Wildman–Crippen LogP) is 3.41. The number of benzene rings is 1. The van der Waals surface area contributed by atoms with Crippen LogP contribution < -0.4 is 10.2 Å². The Morgan fingerprint density at radius 1 is 1.32 bits per heavy atom. The van der Waals surface area contributed by atoms with Crippen LogP contribution in [0.1, 0.15) is 32.6 Å². The van der Waals surface area contributed by atoms with Gasteiger partial charge < -0.3 is 10.2 Å². The van der Waals surface area contributed by atoms with Crippen LogP contribution in [-0.4, -0.2) is 24.6 Å². The quantitative estimate of drug-likeness (QED) is 0.670. The summed E-state index contributed by atoms with van der Waals surface area (Å²) in [7, 11) is 1.79. The highest BCUT2D eigenvalue weighted by Crippen LogP contribution is 2.30. The van der Waals surface area contributed by atoms with Crippen molar-refractivity contribution < 1.29 is 4.92 Å². The first-order chi connectivity index (χ1) is 9.11. The molecule has 0 amide bonds. The van der Waals surface area contributed by atoms with E-state index in [1.54, 1.807) is 19.2 Å². The van der Waals surface area contributed by atoms with E-state index in [1.165, 1.54) is 12.8 Å². The normalized spacial score (nSPS) is 19.9. The van der Waals surface area contributed by atoms with Gasteiger partial charge in [-0.15, -0.1) is 0 Å². The van der Waals surface area contributed by atoms with E-state index in [0.29, 0.717) is 6.04 Å². The van der Waals surface area contributed by atoms with Gasteiger partial charge >= 0.3 is 0 Å². The highest BCUT2D eigenvalue weighted by atomic mass is 16.6. The molecule has 1 aromatic carbocycles. The van der Waals surface area contributed by atoms with Gasteiger partial charge in [0.25, 0.3) is 5.69 Å². The van der Waals surface area contributed by atoms with Gasteiger partial charge in [-0.25, -0.2) is 0 Å². The van der Waals surface area contributed by atoms with E-state index < -0.39 is 0 Å². The summed E-state index contributed by atoms with van der Waals surface area (Å²) >= 11 is 0. The molecule has 0 aromatic heterocycles. The number of nitro benzene ring substituents is 1. The maximum absolute atomic E-state index is 11.0. The second-order valence-corrected chi connectivity index (χ2v) is 5.14. The summed E-state index contributed by atoms with van der Waals surface area (Å²) in [6.07, 6.45) is 4.79. The van der Waals surface area contributed by atoms with Crippen LogP contribution in [0.15, 0.2) is 18.2 Å². The largest absolute Gasteiger partial charge is 0.388 e. The molecule has 5 heteroatoms. The summed E-state index contributed by atoms with van der Waals surface area (Å²) in [4.78, 5) is 13.0. The molecule has 19 heavy (non-hydrogen) atoms. The van der Waals surface area contributed by atoms with E-state index in [-0.39, 0.29) is 10.6 Å². The Hall–Kier alpha value is -1.78. The Labute approximate surface area is 113 Å². The lowest BCUT2D eigenvalue weighted by molar-refractivity contribution is -0.384. The first kappa shape index (κ1) is 13.6. The van der Waals surface area contributed by atoms with E-state index in [4.69, 9.17) is 0 Å². The zero-order valence-electron chi connectivity index (χ0n) is 11.6. The second-order valence-electron chi connectivity index (χ2n) is 5.14. The molecule has 1 N–H and O–H groups in total. The summed E-state index contributed by atoms with van der Waals surface area (Å²) in [5, 5.41) is 14.0. The first-order valence-electron chi connectivity index (χ1n) is 6.85. The minimum absolute atomic E-state index is 0.151. The minimum atomic E-state index is -0.327. The smallest absolute Gasteiger partial charge is 0.273 e. The summed E-state index contributed by atoms with van der Waals surface area (Å²) in [5.74, 6) is 0. The minimum Gasteiger partial charge on any atom is -0.388 e. The maximum atomic E-state index is 11.0. The van der Waals surface area contributed by atoms with Crippen molar-refractivity contribution >= 4 is 17.1 Å². The lowest BCUT2D eigenvalue weighted by Crippen LogP contribution is -2.32. The lowest BCUT2D eigenvalue weighted by atomic mass is 10.1.